The molecule has 0 saturated carbocycles. The minimum absolute atomic E-state index is 0.0458. The van der Waals surface area contributed by atoms with Crippen LogP contribution in [0.25, 0.3) is 11.0 Å². The smallest absolute Gasteiger partial charge is 0.317 e. The zero-order valence-electron chi connectivity index (χ0n) is 13.8. The molecule has 7 nitrogen and oxygen atoms in total. The first-order valence-electron chi connectivity index (χ1n) is 7.60. The van der Waals surface area contributed by atoms with Crippen LogP contribution in [0.5, 0.6) is 0 Å². The van der Waals surface area contributed by atoms with Gasteiger partial charge in [-0.3, -0.25) is 14.9 Å². The van der Waals surface area contributed by atoms with E-state index >= 15 is 0 Å². The fraction of sp³-hybridized carbons (Fsp3) is 0.176. The number of thioether (sulfide) groups is 1. The molecule has 2 N–H and O–H groups in total. The molecule has 25 heavy (non-hydrogen) atoms. The number of para-hydroxylation sites is 2. The maximum atomic E-state index is 12.2. The van der Waals surface area contributed by atoms with Crippen molar-refractivity contribution >= 4 is 40.1 Å². The summed E-state index contributed by atoms with van der Waals surface area (Å²) in [7, 11) is 1.93. The number of nitro benzene ring substituents is 1. The molecule has 0 aliphatic heterocycles. The molecule has 1 amide bonds. The summed E-state index contributed by atoms with van der Waals surface area (Å²) >= 11 is 1.38. The number of nitrogens with one attached hydrogen (secondary N) is 2. The van der Waals surface area contributed by atoms with Crippen LogP contribution in [0.1, 0.15) is 5.56 Å². The molecule has 0 unspecified atom stereocenters. The lowest BCUT2D eigenvalue weighted by atomic mass is 10.2. The van der Waals surface area contributed by atoms with Gasteiger partial charge in [-0.15, -0.1) is 0 Å². The second kappa shape index (κ2) is 6.94. The van der Waals surface area contributed by atoms with E-state index in [2.05, 4.69) is 10.3 Å². The van der Waals surface area contributed by atoms with E-state index in [-0.39, 0.29) is 17.3 Å². The number of benzene rings is 2. The number of H-pyrrole nitrogens is 1. The third kappa shape index (κ3) is 3.63. The SMILES string of the molecule is Cc1ccc([N+](=O)[O-])cc1NC(=O)CSc1[nH]c2ccccc2[n+]1C. The Labute approximate surface area is 148 Å². The average molecular weight is 357 g/mol. The molecule has 0 aliphatic carbocycles. The quantitative estimate of drug-likeness (QED) is 0.318. The summed E-state index contributed by atoms with van der Waals surface area (Å²) in [6.07, 6.45) is 0. The van der Waals surface area contributed by atoms with E-state index in [0.717, 1.165) is 21.8 Å². The van der Waals surface area contributed by atoms with Crippen LogP contribution in [0.3, 0.4) is 0 Å². The van der Waals surface area contributed by atoms with Crippen LogP contribution in [0.15, 0.2) is 47.6 Å². The van der Waals surface area contributed by atoms with Crippen LogP contribution >= 0.6 is 11.8 Å². The molecule has 8 heteroatoms. The maximum Gasteiger partial charge on any atom is 0.317 e. The molecular weight excluding hydrogens is 340 g/mol. The Hall–Kier alpha value is -2.87. The first kappa shape index (κ1) is 17.0. The summed E-state index contributed by atoms with van der Waals surface area (Å²) in [5.74, 6) is -0.0183. The van der Waals surface area contributed by atoms with Gasteiger partial charge in [0.25, 0.3) is 5.69 Å². The number of hydrogen-bond donors (Lipinski definition) is 2. The Bertz CT molecular complexity index is 968. The van der Waals surface area contributed by atoms with E-state index < -0.39 is 4.92 Å². The molecule has 0 fully saturated rings. The fourth-order valence-corrected chi connectivity index (χ4v) is 3.31. The Morgan fingerprint density at radius 3 is 2.80 bits per heavy atom. The van der Waals surface area contributed by atoms with Crippen LogP contribution in [-0.4, -0.2) is 21.6 Å². The molecule has 0 spiro atoms. The van der Waals surface area contributed by atoms with E-state index in [1.807, 2.05) is 35.9 Å². The summed E-state index contributed by atoms with van der Waals surface area (Å²) < 4.78 is 1.99. The first-order chi connectivity index (χ1) is 12.0. The lowest BCUT2D eigenvalue weighted by Crippen LogP contribution is -2.29. The molecule has 3 aromatic rings. The maximum absolute atomic E-state index is 12.2. The van der Waals surface area contributed by atoms with Crippen molar-refractivity contribution < 1.29 is 14.3 Å². The largest absolute Gasteiger partial charge is 0.325 e. The number of non-ortho nitro benzene ring substituents is 1. The number of rotatable bonds is 5. The van der Waals surface area contributed by atoms with Crippen LogP contribution in [0.2, 0.25) is 0 Å². The number of nitro groups is 1. The normalized spacial score (nSPS) is 10.8. The first-order valence-corrected chi connectivity index (χ1v) is 8.58. The predicted octanol–water partition coefficient (Wildman–Crippen LogP) is 2.94. The summed E-state index contributed by atoms with van der Waals surface area (Å²) in [6.45, 7) is 1.80. The van der Waals surface area contributed by atoms with Crippen molar-refractivity contribution in [3.63, 3.8) is 0 Å². The number of aromatic nitrogens is 2. The van der Waals surface area contributed by atoms with Crippen LogP contribution in [-0.2, 0) is 11.8 Å². The third-order valence-electron chi connectivity index (χ3n) is 3.86. The zero-order chi connectivity index (χ0) is 18.0. The highest BCUT2D eigenvalue weighted by Gasteiger charge is 2.17. The number of carbonyl (C=O) groups excluding carboxylic acids is 1. The Balaban J connectivity index is 1.69. The van der Waals surface area contributed by atoms with Crippen molar-refractivity contribution in [2.75, 3.05) is 11.1 Å². The van der Waals surface area contributed by atoms with E-state index in [0.29, 0.717) is 5.69 Å². The Morgan fingerprint density at radius 2 is 2.08 bits per heavy atom. The molecule has 0 saturated heterocycles. The number of amides is 1. The number of fused-ring (bicyclic) bond motifs is 1. The molecule has 1 aromatic heterocycles. The highest BCUT2D eigenvalue weighted by Crippen LogP contribution is 2.23. The van der Waals surface area contributed by atoms with Gasteiger partial charge in [-0.05, 0) is 36.4 Å². The van der Waals surface area contributed by atoms with Gasteiger partial charge in [0.2, 0.25) is 5.91 Å². The minimum atomic E-state index is -0.478. The molecular formula is C17H17N4O3S+. The van der Waals surface area contributed by atoms with Crippen molar-refractivity contribution in [3.05, 3.63) is 58.1 Å². The summed E-state index contributed by atoms with van der Waals surface area (Å²) in [5.41, 5.74) is 3.25. The monoisotopic (exact) mass is 357 g/mol. The topological polar surface area (TPSA) is 91.9 Å². The predicted molar refractivity (Wildman–Crippen MR) is 96.7 cm³/mol. The van der Waals surface area contributed by atoms with E-state index in [1.54, 1.807) is 13.0 Å². The van der Waals surface area contributed by atoms with Gasteiger partial charge in [0.1, 0.15) is 0 Å². The molecule has 0 radical (unpaired) electrons. The number of aryl methyl sites for hydroxylation is 2. The lowest BCUT2D eigenvalue weighted by molar-refractivity contribution is -0.683. The van der Waals surface area contributed by atoms with Gasteiger partial charge in [-0.2, -0.15) is 0 Å². The van der Waals surface area contributed by atoms with Gasteiger partial charge in [0.05, 0.1) is 23.4 Å². The lowest BCUT2D eigenvalue weighted by Gasteiger charge is -2.07. The number of anilines is 1. The van der Waals surface area contributed by atoms with Gasteiger partial charge in [0.15, 0.2) is 11.0 Å². The summed E-state index contributed by atoms with van der Waals surface area (Å²) in [6, 6.07) is 12.3. The summed E-state index contributed by atoms with van der Waals surface area (Å²) in [4.78, 5) is 25.9. The third-order valence-corrected chi connectivity index (χ3v) is 4.91. The van der Waals surface area contributed by atoms with Gasteiger partial charge in [0, 0.05) is 12.1 Å². The van der Waals surface area contributed by atoms with Crippen molar-refractivity contribution in [1.29, 1.82) is 0 Å². The van der Waals surface area contributed by atoms with Crippen LogP contribution in [0.4, 0.5) is 11.4 Å². The van der Waals surface area contributed by atoms with Gasteiger partial charge in [-0.1, -0.05) is 18.2 Å². The van der Waals surface area contributed by atoms with Crippen LogP contribution in [0, 0.1) is 17.0 Å². The van der Waals surface area contributed by atoms with E-state index in [9.17, 15) is 14.9 Å². The number of carbonyl (C=O) groups is 1. The van der Waals surface area contributed by atoms with E-state index in [1.165, 1.54) is 23.9 Å². The number of imidazole rings is 1. The second-order valence-corrected chi connectivity index (χ2v) is 6.56. The highest BCUT2D eigenvalue weighted by atomic mass is 32.2. The molecule has 128 valence electrons. The highest BCUT2D eigenvalue weighted by molar-refractivity contribution is 7.99. The molecule has 0 atom stereocenters. The van der Waals surface area contributed by atoms with Crippen molar-refractivity contribution in [2.24, 2.45) is 7.05 Å². The van der Waals surface area contributed by atoms with Gasteiger partial charge < -0.3 is 5.32 Å². The molecule has 0 bridgehead atoms. The van der Waals surface area contributed by atoms with Crippen molar-refractivity contribution in [3.8, 4) is 0 Å². The average Bonchev–Trinajstić information content (AvgIpc) is 2.91. The van der Waals surface area contributed by atoms with E-state index in [4.69, 9.17) is 0 Å². The second-order valence-electron chi connectivity index (χ2n) is 5.60. The van der Waals surface area contributed by atoms with Crippen LogP contribution < -0.4 is 9.88 Å². The van der Waals surface area contributed by atoms with Gasteiger partial charge in [-0.25, -0.2) is 9.55 Å². The molecule has 3 rings (SSSR count). The number of nitrogens with zero attached hydrogens (tertiary/aromatic N) is 2. The van der Waals surface area contributed by atoms with Crippen molar-refractivity contribution in [2.45, 2.75) is 12.1 Å². The van der Waals surface area contributed by atoms with Crippen molar-refractivity contribution in [1.82, 2.24) is 4.98 Å². The summed E-state index contributed by atoms with van der Waals surface area (Å²) in [5, 5.41) is 14.5. The fourth-order valence-electron chi connectivity index (χ4n) is 2.49. The standard InChI is InChI=1S/C17H16N4O3S/c1-11-7-8-12(21(23)24)9-14(11)18-16(22)10-25-17-19-13-5-3-4-6-15(13)20(17)2/h3-9H,10H2,1-2H3,(H,18,22)/p+1. The Kier molecular flexibility index (Phi) is 4.71. The number of hydrogen-bond acceptors (Lipinski definition) is 4. The molecule has 0 aliphatic rings. The minimum Gasteiger partial charge on any atom is -0.325 e. The molecule has 1 heterocycles. The molecule has 2 aromatic carbocycles. The Morgan fingerprint density at radius 1 is 1.32 bits per heavy atom. The zero-order valence-corrected chi connectivity index (χ0v) is 14.6. The van der Waals surface area contributed by atoms with Gasteiger partial charge >= 0.3 is 5.16 Å². The number of aromatic amines is 1.